The van der Waals surface area contributed by atoms with Gasteiger partial charge in [0.1, 0.15) is 5.75 Å². The van der Waals surface area contributed by atoms with E-state index in [1.54, 1.807) is 7.11 Å². The molecule has 2 aromatic carbocycles. The molecule has 1 heterocycles. The number of hydrogen-bond acceptors (Lipinski definition) is 3. The molecular weight excluding hydrogens is 362 g/mol. The Morgan fingerprint density at radius 2 is 1.50 bits per heavy atom. The molecule has 2 aromatic rings. The Bertz CT molecular complexity index is 695. The van der Waals surface area contributed by atoms with E-state index in [-0.39, 0.29) is 11.3 Å². The molecule has 0 amide bonds. The van der Waals surface area contributed by atoms with Gasteiger partial charge in [0.2, 0.25) is 0 Å². The van der Waals surface area contributed by atoms with Crippen LogP contribution in [-0.2, 0) is 0 Å². The summed E-state index contributed by atoms with van der Waals surface area (Å²) in [7, 11) is 0.801. The highest BCUT2D eigenvalue weighted by molar-refractivity contribution is 7.74. The summed E-state index contributed by atoms with van der Waals surface area (Å²) in [5.74, 6) is 0.947. The number of ether oxygens (including phenoxy) is 1. The van der Waals surface area contributed by atoms with Crippen LogP contribution in [0, 0.1) is 0 Å². The lowest BCUT2D eigenvalue weighted by Gasteiger charge is -2.26. The van der Waals surface area contributed by atoms with Crippen molar-refractivity contribution in [2.24, 2.45) is 0 Å². The van der Waals surface area contributed by atoms with Gasteiger partial charge in [0, 0.05) is 16.6 Å². The summed E-state index contributed by atoms with van der Waals surface area (Å²) in [6.45, 7) is 4.19. The number of methoxy groups -OCH3 is 1. The standard InChI is InChI=1S/C21H28O3P2/c1-15-20(22)21(23)16(2)25(15)13-14-26(17-9-5-4-6-10-17)19-12-8-7-11-18(19)24-3/h4-12,15-16,20-23H,13-14H2,1-3H3/t15-,16-,20+,21+,26?/m0/s1. The van der Waals surface area contributed by atoms with Gasteiger partial charge in [0.25, 0.3) is 0 Å². The predicted octanol–water partition coefficient (Wildman–Crippen LogP) is 3.12. The molecule has 0 bridgehead atoms. The molecule has 1 aliphatic rings. The van der Waals surface area contributed by atoms with Gasteiger partial charge < -0.3 is 14.9 Å². The van der Waals surface area contributed by atoms with Gasteiger partial charge >= 0.3 is 0 Å². The Balaban J connectivity index is 1.86. The smallest absolute Gasteiger partial charge is 0.126 e. The number of para-hydroxylation sites is 1. The van der Waals surface area contributed by atoms with Crippen molar-refractivity contribution in [3.63, 3.8) is 0 Å². The quantitative estimate of drug-likeness (QED) is 0.746. The first kappa shape index (κ1) is 19.8. The van der Waals surface area contributed by atoms with Crippen molar-refractivity contribution in [2.75, 3.05) is 19.4 Å². The fourth-order valence-corrected chi connectivity index (χ4v) is 10.2. The van der Waals surface area contributed by atoms with Crippen LogP contribution in [0.5, 0.6) is 5.75 Å². The third-order valence-electron chi connectivity index (χ3n) is 5.41. The van der Waals surface area contributed by atoms with Gasteiger partial charge in [-0.15, -0.1) is 0 Å². The van der Waals surface area contributed by atoms with Gasteiger partial charge in [0.05, 0.1) is 19.3 Å². The minimum absolute atomic E-state index is 0.195. The molecule has 0 radical (unpaired) electrons. The molecule has 5 atom stereocenters. The average molecular weight is 390 g/mol. The lowest BCUT2D eigenvalue weighted by atomic mass is 10.1. The van der Waals surface area contributed by atoms with Gasteiger partial charge in [-0.25, -0.2) is 0 Å². The van der Waals surface area contributed by atoms with Gasteiger partial charge in [-0.05, 0) is 31.6 Å². The summed E-state index contributed by atoms with van der Waals surface area (Å²) in [5, 5.41) is 23.1. The molecule has 3 nitrogen and oxygen atoms in total. The van der Waals surface area contributed by atoms with Crippen molar-refractivity contribution < 1.29 is 14.9 Å². The highest BCUT2D eigenvalue weighted by Crippen LogP contribution is 2.56. The minimum atomic E-state index is -0.578. The van der Waals surface area contributed by atoms with Gasteiger partial charge in [-0.1, -0.05) is 70.3 Å². The van der Waals surface area contributed by atoms with E-state index in [2.05, 4.69) is 56.3 Å². The number of benzene rings is 2. The zero-order valence-electron chi connectivity index (χ0n) is 15.6. The molecule has 1 unspecified atom stereocenters. The monoisotopic (exact) mass is 390 g/mol. The largest absolute Gasteiger partial charge is 0.496 e. The molecule has 0 aliphatic carbocycles. The molecular formula is C21H28O3P2. The fourth-order valence-electron chi connectivity index (χ4n) is 3.81. The van der Waals surface area contributed by atoms with E-state index in [1.807, 2.05) is 12.1 Å². The van der Waals surface area contributed by atoms with E-state index in [4.69, 9.17) is 4.74 Å². The maximum Gasteiger partial charge on any atom is 0.126 e. The van der Waals surface area contributed by atoms with Gasteiger partial charge in [0.15, 0.2) is 0 Å². The molecule has 5 heteroatoms. The molecule has 3 rings (SSSR count). The number of aliphatic hydroxyl groups is 2. The second-order valence-corrected chi connectivity index (χ2v) is 12.3. The van der Waals surface area contributed by atoms with Crippen LogP contribution >= 0.6 is 15.8 Å². The number of rotatable bonds is 6. The summed E-state index contributed by atoms with van der Waals surface area (Å²) in [5.41, 5.74) is 0.389. The number of hydrogen-bond donors (Lipinski definition) is 2. The Hall–Kier alpha value is -0.980. The van der Waals surface area contributed by atoms with Crippen LogP contribution < -0.4 is 15.3 Å². The minimum Gasteiger partial charge on any atom is -0.496 e. The Morgan fingerprint density at radius 3 is 2.12 bits per heavy atom. The van der Waals surface area contributed by atoms with Crippen molar-refractivity contribution in [3.05, 3.63) is 54.6 Å². The maximum atomic E-state index is 10.2. The Labute approximate surface area is 158 Å². The second-order valence-electron chi connectivity index (χ2n) is 6.86. The molecule has 2 N–H and O–H groups in total. The van der Waals surface area contributed by atoms with Crippen LogP contribution in [0.4, 0.5) is 0 Å². The first-order valence-corrected chi connectivity index (χ1v) is 12.3. The van der Waals surface area contributed by atoms with Crippen LogP contribution in [0.25, 0.3) is 0 Å². The van der Waals surface area contributed by atoms with Crippen molar-refractivity contribution in [1.82, 2.24) is 0 Å². The molecule has 1 fully saturated rings. The van der Waals surface area contributed by atoms with E-state index in [9.17, 15) is 10.2 Å². The third kappa shape index (κ3) is 3.97. The van der Waals surface area contributed by atoms with Crippen molar-refractivity contribution in [3.8, 4) is 5.75 Å². The zero-order valence-corrected chi connectivity index (χ0v) is 17.4. The van der Waals surface area contributed by atoms with E-state index >= 15 is 0 Å². The summed E-state index contributed by atoms with van der Waals surface area (Å²) in [6.07, 6.45) is 0.958. The summed E-state index contributed by atoms with van der Waals surface area (Å²) in [4.78, 5) is 0. The van der Waals surface area contributed by atoms with Crippen LogP contribution in [0.15, 0.2) is 54.6 Å². The average Bonchev–Trinajstić information content (AvgIpc) is 2.87. The Kier molecular flexibility index (Phi) is 6.70. The van der Waals surface area contributed by atoms with E-state index in [0.29, 0.717) is 0 Å². The van der Waals surface area contributed by atoms with Crippen molar-refractivity contribution in [1.29, 1.82) is 0 Å². The SMILES string of the molecule is COc1ccccc1P(CCP1[C@@H](C)[C@@H](O)[C@H](O)[C@@H]1C)c1ccccc1. The molecule has 0 saturated carbocycles. The van der Waals surface area contributed by atoms with Crippen molar-refractivity contribution in [2.45, 2.75) is 37.4 Å². The summed E-state index contributed by atoms with van der Waals surface area (Å²) < 4.78 is 5.64. The van der Waals surface area contributed by atoms with Crippen LogP contribution in [0.3, 0.4) is 0 Å². The fraction of sp³-hybridized carbons (Fsp3) is 0.429. The molecule has 26 heavy (non-hydrogen) atoms. The Morgan fingerprint density at radius 1 is 0.923 bits per heavy atom. The third-order valence-corrected chi connectivity index (χ3v) is 11.7. The van der Waals surface area contributed by atoms with E-state index in [0.717, 1.165) is 18.1 Å². The predicted molar refractivity (Wildman–Crippen MR) is 113 cm³/mol. The molecule has 140 valence electrons. The van der Waals surface area contributed by atoms with Crippen LogP contribution in [0.2, 0.25) is 0 Å². The highest BCUT2D eigenvalue weighted by atomic mass is 31.1. The first-order valence-electron chi connectivity index (χ1n) is 9.12. The molecule has 0 aromatic heterocycles. The van der Waals surface area contributed by atoms with E-state index in [1.165, 1.54) is 10.6 Å². The zero-order chi connectivity index (χ0) is 18.7. The normalized spacial score (nSPS) is 29.5. The van der Waals surface area contributed by atoms with Gasteiger partial charge in [-0.2, -0.15) is 0 Å². The van der Waals surface area contributed by atoms with E-state index < -0.39 is 28.1 Å². The van der Waals surface area contributed by atoms with Gasteiger partial charge in [-0.3, -0.25) is 0 Å². The number of aliphatic hydroxyl groups excluding tert-OH is 2. The second kappa shape index (κ2) is 8.81. The topological polar surface area (TPSA) is 49.7 Å². The van der Waals surface area contributed by atoms with Crippen LogP contribution in [0.1, 0.15) is 13.8 Å². The lowest BCUT2D eigenvalue weighted by Crippen LogP contribution is -2.30. The van der Waals surface area contributed by atoms with Crippen molar-refractivity contribution >= 4 is 26.5 Å². The molecule has 0 spiro atoms. The van der Waals surface area contributed by atoms with Crippen LogP contribution in [-0.4, -0.2) is 53.2 Å². The summed E-state index contributed by atoms with van der Waals surface area (Å²) in [6, 6.07) is 19.0. The molecule has 1 saturated heterocycles. The summed E-state index contributed by atoms with van der Waals surface area (Å²) >= 11 is 0. The highest BCUT2D eigenvalue weighted by Gasteiger charge is 2.44. The maximum absolute atomic E-state index is 10.2. The molecule has 1 aliphatic heterocycles. The lowest BCUT2D eigenvalue weighted by molar-refractivity contribution is 0.0327. The first-order chi connectivity index (χ1) is 12.5.